The Morgan fingerprint density at radius 1 is 0.944 bits per heavy atom. The minimum atomic E-state index is -0.422. The van der Waals surface area contributed by atoms with E-state index in [0.29, 0.717) is 42.6 Å². The van der Waals surface area contributed by atoms with Crippen LogP contribution in [0.25, 0.3) is 0 Å². The van der Waals surface area contributed by atoms with Crippen LogP contribution in [0.1, 0.15) is 68.1 Å². The second-order valence-corrected chi connectivity index (χ2v) is 10.2. The summed E-state index contributed by atoms with van der Waals surface area (Å²) in [7, 11) is 2.00. The summed E-state index contributed by atoms with van der Waals surface area (Å²) in [5.74, 6) is 0.820. The first kappa shape index (κ1) is 24.6. The average molecular weight is 506 g/mol. The van der Waals surface area contributed by atoms with Crippen molar-refractivity contribution in [3.05, 3.63) is 80.7 Å². The van der Waals surface area contributed by atoms with Crippen LogP contribution in [0.2, 0.25) is 5.02 Å². The molecule has 188 valence electrons. The van der Waals surface area contributed by atoms with Crippen LogP contribution in [0.5, 0.6) is 11.5 Å². The van der Waals surface area contributed by atoms with E-state index in [1.807, 2.05) is 51.2 Å². The molecule has 0 bridgehead atoms. The molecule has 36 heavy (non-hydrogen) atoms. The van der Waals surface area contributed by atoms with Gasteiger partial charge in [0.25, 0.3) is 0 Å². The molecule has 0 saturated heterocycles. The molecule has 0 spiro atoms. The number of allylic oxidation sites excluding steroid dienone is 4. The summed E-state index contributed by atoms with van der Waals surface area (Å²) in [6, 6.07) is 11.9. The molecule has 0 fully saturated rings. The molecule has 0 N–H and O–H groups in total. The lowest BCUT2D eigenvalue weighted by Crippen LogP contribution is -2.37. The van der Waals surface area contributed by atoms with E-state index in [-0.39, 0.29) is 11.6 Å². The fraction of sp³-hybridized carbons (Fsp3) is 0.400. The highest BCUT2D eigenvalue weighted by atomic mass is 35.5. The number of carbonyl (C=O) groups is 2. The first-order valence-corrected chi connectivity index (χ1v) is 13.2. The lowest BCUT2D eigenvalue weighted by Gasteiger charge is -2.42. The maximum atomic E-state index is 13.3. The largest absolute Gasteiger partial charge is 0.490 e. The first-order chi connectivity index (χ1) is 17.4. The number of halogens is 1. The lowest BCUT2D eigenvalue weighted by molar-refractivity contribution is -0.117. The number of ketones is 2. The number of nitrogens with zero attached hydrogens (tertiary/aromatic N) is 1. The van der Waals surface area contributed by atoms with E-state index < -0.39 is 5.92 Å². The predicted molar refractivity (Wildman–Crippen MR) is 140 cm³/mol. The van der Waals surface area contributed by atoms with Gasteiger partial charge in [0.05, 0.1) is 11.6 Å². The molecule has 2 aromatic carbocycles. The fourth-order valence-corrected chi connectivity index (χ4v) is 6.07. The standard InChI is InChI=1S/C30H32ClNO4/c1-4-35-26-16-20(15-21(31)30(26)36-17-19-9-5-8-18(2)14-19)27-28-22(10-6-12-24(28)33)32(3)23-11-7-13-25(34)29(23)27/h5,8-9,14-16,27H,4,6-7,10-13,17H2,1-3H3. The van der Waals surface area contributed by atoms with Crippen LogP contribution in [-0.2, 0) is 16.2 Å². The summed E-state index contributed by atoms with van der Waals surface area (Å²) in [5, 5.41) is 0.415. The third kappa shape index (κ3) is 4.45. The SMILES string of the molecule is CCOc1cc(C2C3=C(CCCC3=O)N(C)C3=C2C(=O)CCC3)cc(Cl)c1OCc1cccc(C)c1. The van der Waals surface area contributed by atoms with Crippen LogP contribution in [0.3, 0.4) is 0 Å². The number of rotatable bonds is 6. The van der Waals surface area contributed by atoms with Gasteiger partial charge in [0, 0.05) is 48.3 Å². The van der Waals surface area contributed by atoms with E-state index in [1.54, 1.807) is 0 Å². The van der Waals surface area contributed by atoms with E-state index >= 15 is 0 Å². The van der Waals surface area contributed by atoms with Gasteiger partial charge in [-0.05, 0) is 62.8 Å². The summed E-state index contributed by atoms with van der Waals surface area (Å²) in [6.07, 6.45) is 4.35. The molecule has 3 aliphatic rings. The molecule has 0 aromatic heterocycles. The molecule has 0 saturated carbocycles. The summed E-state index contributed by atoms with van der Waals surface area (Å²) in [6.45, 7) is 4.75. The highest BCUT2D eigenvalue weighted by Crippen LogP contribution is 2.50. The van der Waals surface area contributed by atoms with Crippen molar-refractivity contribution in [2.75, 3.05) is 13.7 Å². The van der Waals surface area contributed by atoms with Crippen molar-refractivity contribution >= 4 is 23.2 Å². The van der Waals surface area contributed by atoms with Crippen LogP contribution in [0.15, 0.2) is 58.9 Å². The zero-order chi connectivity index (χ0) is 25.4. The summed E-state index contributed by atoms with van der Waals surface area (Å²) < 4.78 is 12.1. The number of carbonyl (C=O) groups excluding carboxylic acids is 2. The Labute approximate surface area is 217 Å². The van der Waals surface area contributed by atoms with Crippen molar-refractivity contribution < 1.29 is 19.1 Å². The average Bonchev–Trinajstić information content (AvgIpc) is 2.85. The topological polar surface area (TPSA) is 55.8 Å². The maximum absolute atomic E-state index is 13.3. The lowest BCUT2D eigenvalue weighted by atomic mass is 9.71. The Hall–Kier alpha value is -3.05. The molecular formula is C30H32ClNO4. The van der Waals surface area contributed by atoms with E-state index in [4.69, 9.17) is 21.1 Å². The second kappa shape index (κ2) is 10.1. The van der Waals surface area contributed by atoms with Gasteiger partial charge in [-0.1, -0.05) is 41.4 Å². The molecule has 1 aliphatic heterocycles. The number of hydrogen-bond donors (Lipinski definition) is 0. The van der Waals surface area contributed by atoms with Gasteiger partial charge in [-0.15, -0.1) is 0 Å². The molecule has 5 nitrogen and oxygen atoms in total. The molecule has 2 aromatic rings. The molecule has 1 heterocycles. The van der Waals surface area contributed by atoms with Crippen LogP contribution in [0, 0.1) is 6.92 Å². The smallest absolute Gasteiger partial charge is 0.180 e. The molecular weight excluding hydrogens is 474 g/mol. The summed E-state index contributed by atoms with van der Waals surface area (Å²) >= 11 is 6.82. The van der Waals surface area contributed by atoms with Crippen LogP contribution in [0.4, 0.5) is 0 Å². The summed E-state index contributed by atoms with van der Waals surface area (Å²) in [4.78, 5) is 28.7. The predicted octanol–water partition coefficient (Wildman–Crippen LogP) is 6.67. The Kier molecular flexibility index (Phi) is 6.94. The quantitative estimate of drug-likeness (QED) is 0.439. The van der Waals surface area contributed by atoms with Crippen molar-refractivity contribution in [1.82, 2.24) is 4.90 Å². The normalized spacial score (nSPS) is 18.4. The highest BCUT2D eigenvalue weighted by Gasteiger charge is 2.42. The van der Waals surface area contributed by atoms with E-state index in [2.05, 4.69) is 11.0 Å². The van der Waals surface area contributed by atoms with E-state index in [9.17, 15) is 9.59 Å². The van der Waals surface area contributed by atoms with Crippen molar-refractivity contribution in [3.8, 4) is 11.5 Å². The third-order valence-corrected chi connectivity index (χ3v) is 7.66. The molecule has 0 atom stereocenters. The van der Waals surface area contributed by atoms with Gasteiger partial charge in [-0.3, -0.25) is 9.59 Å². The molecule has 0 radical (unpaired) electrons. The zero-order valence-corrected chi connectivity index (χ0v) is 21.9. The number of benzene rings is 2. The molecule has 0 unspecified atom stereocenters. The Balaban J connectivity index is 1.60. The van der Waals surface area contributed by atoms with Gasteiger partial charge in [-0.25, -0.2) is 0 Å². The fourth-order valence-electron chi connectivity index (χ4n) is 5.80. The Morgan fingerprint density at radius 3 is 2.22 bits per heavy atom. The molecule has 2 aliphatic carbocycles. The van der Waals surface area contributed by atoms with Crippen LogP contribution in [-0.4, -0.2) is 30.1 Å². The van der Waals surface area contributed by atoms with Gasteiger partial charge in [0.2, 0.25) is 0 Å². The number of Topliss-reactive ketones (excluding diaryl/α,β-unsaturated/α-hetero) is 2. The van der Waals surface area contributed by atoms with Gasteiger partial charge >= 0.3 is 0 Å². The van der Waals surface area contributed by atoms with Gasteiger partial charge in [0.15, 0.2) is 23.1 Å². The van der Waals surface area contributed by atoms with Crippen LogP contribution < -0.4 is 9.47 Å². The van der Waals surface area contributed by atoms with Crippen molar-refractivity contribution in [2.24, 2.45) is 0 Å². The third-order valence-electron chi connectivity index (χ3n) is 7.38. The zero-order valence-electron chi connectivity index (χ0n) is 21.2. The maximum Gasteiger partial charge on any atom is 0.180 e. The van der Waals surface area contributed by atoms with E-state index in [0.717, 1.165) is 64.9 Å². The van der Waals surface area contributed by atoms with Gasteiger partial charge < -0.3 is 14.4 Å². The number of ether oxygens (including phenoxy) is 2. The Morgan fingerprint density at radius 2 is 1.61 bits per heavy atom. The molecule has 0 amide bonds. The van der Waals surface area contributed by atoms with Crippen molar-refractivity contribution in [2.45, 2.75) is 64.9 Å². The molecule has 5 rings (SSSR count). The number of hydrogen-bond acceptors (Lipinski definition) is 5. The highest BCUT2D eigenvalue weighted by molar-refractivity contribution is 6.32. The number of aryl methyl sites for hydroxylation is 1. The van der Waals surface area contributed by atoms with Crippen LogP contribution >= 0.6 is 11.6 Å². The van der Waals surface area contributed by atoms with Gasteiger partial charge in [0.1, 0.15) is 6.61 Å². The van der Waals surface area contributed by atoms with Gasteiger partial charge in [-0.2, -0.15) is 0 Å². The first-order valence-electron chi connectivity index (χ1n) is 12.8. The van der Waals surface area contributed by atoms with Crippen molar-refractivity contribution in [1.29, 1.82) is 0 Å². The van der Waals surface area contributed by atoms with E-state index in [1.165, 1.54) is 0 Å². The minimum absolute atomic E-state index is 0.117. The minimum Gasteiger partial charge on any atom is -0.490 e. The second-order valence-electron chi connectivity index (χ2n) is 9.81. The van der Waals surface area contributed by atoms with Crippen molar-refractivity contribution in [3.63, 3.8) is 0 Å². The summed E-state index contributed by atoms with van der Waals surface area (Å²) in [5.41, 5.74) is 6.57. The Bertz CT molecular complexity index is 1250. The molecule has 6 heteroatoms. The monoisotopic (exact) mass is 505 g/mol.